The van der Waals surface area contributed by atoms with E-state index in [-0.39, 0.29) is 0 Å². The van der Waals surface area contributed by atoms with Gasteiger partial charge in [0.1, 0.15) is 0 Å². The molecule has 1 aliphatic carbocycles. The van der Waals surface area contributed by atoms with Gasteiger partial charge in [-0.2, -0.15) is 0 Å². The third kappa shape index (κ3) is 2.11. The quantitative estimate of drug-likeness (QED) is 0.830. The zero-order valence-corrected chi connectivity index (χ0v) is 9.60. The van der Waals surface area contributed by atoms with Gasteiger partial charge >= 0.3 is 0 Å². The molecule has 0 bridgehead atoms. The first kappa shape index (κ1) is 10.2. The smallest absolute Gasteiger partial charge is 0.0392 e. The minimum Gasteiger partial charge on any atom is -0.314 e. The Labute approximate surface area is 96.9 Å². The first-order valence-corrected chi connectivity index (χ1v) is 6.30. The molecule has 3 nitrogen and oxygen atoms in total. The number of hydrogen-bond acceptors (Lipinski definition) is 3. The maximum atomic E-state index is 4.27. The highest BCUT2D eigenvalue weighted by molar-refractivity contribution is 5.17. The van der Waals surface area contributed by atoms with Gasteiger partial charge in [0.05, 0.1) is 0 Å². The molecule has 2 fully saturated rings. The molecule has 16 heavy (non-hydrogen) atoms. The van der Waals surface area contributed by atoms with Crippen LogP contribution in [-0.4, -0.2) is 36.1 Å². The molecular formula is C13H19N3. The normalized spacial score (nSPS) is 24.2. The van der Waals surface area contributed by atoms with Crippen LogP contribution in [0.4, 0.5) is 0 Å². The fraction of sp³-hybridized carbons (Fsp3) is 0.615. The average molecular weight is 217 g/mol. The third-order valence-corrected chi connectivity index (χ3v) is 3.64. The molecule has 0 aromatic carbocycles. The molecule has 2 aliphatic rings. The second-order valence-corrected chi connectivity index (χ2v) is 4.85. The van der Waals surface area contributed by atoms with Crippen LogP contribution in [0.2, 0.25) is 0 Å². The standard InChI is InChI=1S/C13H19N3/c1-2-12(10-15-5-1)13(11-3-4-11)16-8-6-14-7-9-16/h1-2,5,10-11,13-14H,3-4,6-9H2/t13-/m1/s1. The van der Waals surface area contributed by atoms with E-state index >= 15 is 0 Å². The molecule has 2 heterocycles. The van der Waals surface area contributed by atoms with Crippen molar-refractivity contribution in [1.29, 1.82) is 0 Å². The van der Waals surface area contributed by atoms with E-state index in [0.29, 0.717) is 6.04 Å². The summed E-state index contributed by atoms with van der Waals surface area (Å²) in [5, 5.41) is 3.42. The van der Waals surface area contributed by atoms with Crippen LogP contribution in [0.15, 0.2) is 24.5 Å². The molecule has 1 aromatic heterocycles. The van der Waals surface area contributed by atoms with E-state index in [9.17, 15) is 0 Å². The van der Waals surface area contributed by atoms with Crippen molar-refractivity contribution in [2.24, 2.45) is 5.92 Å². The Morgan fingerprint density at radius 3 is 2.75 bits per heavy atom. The van der Waals surface area contributed by atoms with Gasteiger partial charge in [0.25, 0.3) is 0 Å². The fourth-order valence-corrected chi connectivity index (χ4v) is 2.70. The van der Waals surface area contributed by atoms with E-state index in [1.165, 1.54) is 31.5 Å². The lowest BCUT2D eigenvalue weighted by atomic mass is 10.0. The van der Waals surface area contributed by atoms with Crippen LogP contribution in [0.1, 0.15) is 24.4 Å². The van der Waals surface area contributed by atoms with Crippen molar-refractivity contribution in [3.8, 4) is 0 Å². The summed E-state index contributed by atoms with van der Waals surface area (Å²) in [6.07, 6.45) is 6.70. The van der Waals surface area contributed by atoms with Gasteiger partial charge in [-0.15, -0.1) is 0 Å². The lowest BCUT2D eigenvalue weighted by molar-refractivity contribution is 0.156. The Kier molecular flexibility index (Phi) is 2.89. The first-order valence-electron chi connectivity index (χ1n) is 6.30. The summed E-state index contributed by atoms with van der Waals surface area (Å²) in [5.74, 6) is 0.877. The Morgan fingerprint density at radius 1 is 1.31 bits per heavy atom. The molecule has 1 aromatic rings. The van der Waals surface area contributed by atoms with Crippen LogP contribution in [0.25, 0.3) is 0 Å². The highest BCUT2D eigenvalue weighted by Gasteiger charge is 2.36. The zero-order chi connectivity index (χ0) is 10.8. The Morgan fingerprint density at radius 2 is 2.12 bits per heavy atom. The van der Waals surface area contributed by atoms with Crippen LogP contribution >= 0.6 is 0 Å². The van der Waals surface area contributed by atoms with Gasteiger partial charge in [0.15, 0.2) is 0 Å². The molecule has 3 rings (SSSR count). The highest BCUT2D eigenvalue weighted by Crippen LogP contribution is 2.44. The number of hydrogen-bond donors (Lipinski definition) is 1. The van der Waals surface area contributed by atoms with Crippen molar-refractivity contribution in [3.63, 3.8) is 0 Å². The van der Waals surface area contributed by atoms with Crippen LogP contribution in [-0.2, 0) is 0 Å². The van der Waals surface area contributed by atoms with E-state index < -0.39 is 0 Å². The van der Waals surface area contributed by atoms with Crippen LogP contribution in [0.3, 0.4) is 0 Å². The highest BCUT2D eigenvalue weighted by atomic mass is 15.2. The number of nitrogens with zero attached hydrogens (tertiary/aromatic N) is 2. The molecule has 0 spiro atoms. The molecule has 3 heteroatoms. The Bertz CT molecular complexity index is 328. The fourth-order valence-electron chi connectivity index (χ4n) is 2.70. The molecule has 1 atom stereocenters. The molecule has 1 aliphatic heterocycles. The minimum atomic E-state index is 0.621. The summed E-state index contributed by atoms with van der Waals surface area (Å²) >= 11 is 0. The molecule has 1 N–H and O–H groups in total. The van der Waals surface area contributed by atoms with Gasteiger partial charge < -0.3 is 5.32 Å². The molecule has 0 amide bonds. The predicted octanol–water partition coefficient (Wildman–Crippen LogP) is 1.44. The predicted molar refractivity (Wildman–Crippen MR) is 64.1 cm³/mol. The molecule has 1 saturated heterocycles. The maximum absolute atomic E-state index is 4.27. The van der Waals surface area contributed by atoms with Crippen molar-refractivity contribution in [2.45, 2.75) is 18.9 Å². The summed E-state index contributed by atoms with van der Waals surface area (Å²) in [4.78, 5) is 6.90. The van der Waals surface area contributed by atoms with Crippen LogP contribution in [0, 0.1) is 5.92 Å². The topological polar surface area (TPSA) is 28.2 Å². The summed E-state index contributed by atoms with van der Waals surface area (Å²) < 4.78 is 0. The van der Waals surface area contributed by atoms with Crippen molar-refractivity contribution in [1.82, 2.24) is 15.2 Å². The number of nitrogens with one attached hydrogen (secondary N) is 1. The average Bonchev–Trinajstić information content (AvgIpc) is 3.17. The molecule has 0 unspecified atom stereocenters. The van der Waals surface area contributed by atoms with E-state index in [1.807, 2.05) is 12.4 Å². The van der Waals surface area contributed by atoms with Crippen molar-refractivity contribution < 1.29 is 0 Å². The number of aromatic nitrogens is 1. The van der Waals surface area contributed by atoms with Crippen LogP contribution < -0.4 is 5.32 Å². The van der Waals surface area contributed by atoms with Gasteiger partial charge in [-0.3, -0.25) is 9.88 Å². The maximum Gasteiger partial charge on any atom is 0.0392 e. The number of pyridine rings is 1. The van der Waals surface area contributed by atoms with Gasteiger partial charge in [-0.25, -0.2) is 0 Å². The van der Waals surface area contributed by atoms with Gasteiger partial charge in [0, 0.05) is 44.6 Å². The number of rotatable bonds is 3. The largest absolute Gasteiger partial charge is 0.314 e. The second kappa shape index (κ2) is 4.52. The second-order valence-electron chi connectivity index (χ2n) is 4.85. The van der Waals surface area contributed by atoms with E-state index in [0.717, 1.165) is 19.0 Å². The van der Waals surface area contributed by atoms with Crippen molar-refractivity contribution >= 4 is 0 Å². The first-order chi connectivity index (χ1) is 7.95. The monoisotopic (exact) mass is 217 g/mol. The minimum absolute atomic E-state index is 0.621. The van der Waals surface area contributed by atoms with E-state index in [1.54, 1.807) is 0 Å². The number of piperazine rings is 1. The van der Waals surface area contributed by atoms with Gasteiger partial charge in [-0.05, 0) is 30.4 Å². The van der Waals surface area contributed by atoms with E-state index in [2.05, 4.69) is 27.3 Å². The third-order valence-electron chi connectivity index (χ3n) is 3.64. The lowest BCUT2D eigenvalue weighted by Crippen LogP contribution is -2.45. The molecule has 1 saturated carbocycles. The molecule has 86 valence electrons. The summed E-state index contributed by atoms with van der Waals surface area (Å²) in [5.41, 5.74) is 1.41. The van der Waals surface area contributed by atoms with Gasteiger partial charge in [0.2, 0.25) is 0 Å². The lowest BCUT2D eigenvalue weighted by Gasteiger charge is -2.35. The SMILES string of the molecule is c1cncc([C@@H](C2CC2)N2CCNCC2)c1. The summed E-state index contributed by atoms with van der Waals surface area (Å²) in [7, 11) is 0. The summed E-state index contributed by atoms with van der Waals surface area (Å²) in [6.45, 7) is 4.61. The Balaban J connectivity index is 1.80. The zero-order valence-electron chi connectivity index (χ0n) is 9.60. The van der Waals surface area contributed by atoms with E-state index in [4.69, 9.17) is 0 Å². The van der Waals surface area contributed by atoms with Gasteiger partial charge in [-0.1, -0.05) is 6.07 Å². The summed E-state index contributed by atoms with van der Waals surface area (Å²) in [6, 6.07) is 4.92. The van der Waals surface area contributed by atoms with Crippen LogP contribution in [0.5, 0.6) is 0 Å². The molecular weight excluding hydrogens is 198 g/mol. The molecule has 0 radical (unpaired) electrons. The Hall–Kier alpha value is -0.930. The van der Waals surface area contributed by atoms with Crippen molar-refractivity contribution in [2.75, 3.05) is 26.2 Å². The van der Waals surface area contributed by atoms with Crippen molar-refractivity contribution in [3.05, 3.63) is 30.1 Å².